The van der Waals surface area contributed by atoms with Crippen LogP contribution in [-0.4, -0.2) is 43.5 Å². The molecule has 2 unspecified atom stereocenters. The summed E-state index contributed by atoms with van der Waals surface area (Å²) < 4.78 is 10.1. The zero-order valence-electron chi connectivity index (χ0n) is 9.64. The molecule has 0 aliphatic heterocycles. The van der Waals surface area contributed by atoms with Gasteiger partial charge in [0.25, 0.3) is 0 Å². The fourth-order valence-electron chi connectivity index (χ4n) is 1.28. The summed E-state index contributed by atoms with van der Waals surface area (Å²) >= 11 is 0. The van der Waals surface area contributed by atoms with E-state index in [1.165, 1.54) is 7.05 Å². The van der Waals surface area contributed by atoms with Crippen molar-refractivity contribution in [3.63, 3.8) is 0 Å². The second-order valence-corrected chi connectivity index (χ2v) is 3.36. The Morgan fingerprint density at radius 3 is 2.75 bits per heavy atom. The normalized spacial score (nSPS) is 14.2. The maximum absolute atomic E-state index is 11.2. The van der Waals surface area contributed by atoms with Crippen molar-refractivity contribution in [3.8, 4) is 0 Å². The van der Waals surface area contributed by atoms with Gasteiger partial charge in [-0.1, -0.05) is 0 Å². The first kappa shape index (κ1) is 14.7. The molecule has 0 fully saturated rings. The number of aliphatic imine (C=N–C) groups is 1. The molecule has 5 nitrogen and oxygen atoms in total. The summed E-state index contributed by atoms with van der Waals surface area (Å²) in [7, 11) is 2.06. The fourth-order valence-corrected chi connectivity index (χ4v) is 1.28. The first-order chi connectivity index (χ1) is 7.56. The molecule has 0 saturated heterocycles. The maximum atomic E-state index is 11.2. The Labute approximate surface area is 95.9 Å². The van der Waals surface area contributed by atoms with Crippen molar-refractivity contribution in [1.82, 2.24) is 5.32 Å². The molecule has 0 aliphatic carbocycles. The Balaban J connectivity index is 4.36. The van der Waals surface area contributed by atoms with Crippen LogP contribution in [0.5, 0.6) is 0 Å². The molecule has 0 bridgehead atoms. The molecule has 2 atom stereocenters. The van der Waals surface area contributed by atoms with E-state index >= 15 is 0 Å². The Morgan fingerprint density at radius 2 is 2.31 bits per heavy atom. The third-order valence-electron chi connectivity index (χ3n) is 2.20. The number of hydrogen-bond donors (Lipinski definition) is 2. The fraction of sp³-hybridized carbons (Fsp3) is 0.600. The van der Waals surface area contributed by atoms with Crippen LogP contribution < -0.4 is 5.32 Å². The molecular weight excluding hydrogens is 207 g/mol. The average Bonchev–Trinajstić information content (AvgIpc) is 2.28. The Morgan fingerprint density at radius 1 is 1.69 bits per heavy atom. The van der Waals surface area contributed by atoms with Gasteiger partial charge in [-0.25, -0.2) is 0 Å². The van der Waals surface area contributed by atoms with Crippen molar-refractivity contribution in [1.29, 1.82) is 0 Å². The van der Waals surface area contributed by atoms with Crippen LogP contribution in [0.1, 0.15) is 19.8 Å². The number of likely N-dealkylation sites (N-methyl/N-ethyl adjacent to an activating group) is 1. The van der Waals surface area contributed by atoms with Crippen LogP contribution in [0.3, 0.4) is 0 Å². The predicted octanol–water partition coefficient (Wildman–Crippen LogP) is -0.104. The van der Waals surface area contributed by atoms with Crippen LogP contribution in [0.4, 0.5) is 0 Å². The molecule has 88 valence electrons. The molecule has 1 amide bonds. The van der Waals surface area contributed by atoms with Gasteiger partial charge in [-0.2, -0.15) is 0 Å². The predicted molar refractivity (Wildman–Crippen MR) is 62.8 cm³/mol. The number of nitrogens with one attached hydrogen (secondary N) is 1. The van der Waals surface area contributed by atoms with Crippen molar-refractivity contribution < 1.29 is 14.6 Å². The van der Waals surface area contributed by atoms with Crippen LogP contribution in [0, 0.1) is 0 Å². The number of rotatable bonds is 7. The zero-order chi connectivity index (χ0) is 12.6. The van der Waals surface area contributed by atoms with Crippen molar-refractivity contribution in [2.75, 3.05) is 7.05 Å². The third kappa shape index (κ3) is 4.98. The molecule has 0 aromatic rings. The van der Waals surface area contributed by atoms with Crippen LogP contribution in [0.15, 0.2) is 17.1 Å². The van der Waals surface area contributed by atoms with Crippen molar-refractivity contribution in [2.45, 2.75) is 31.9 Å². The van der Waals surface area contributed by atoms with E-state index in [0.29, 0.717) is 19.1 Å². The topological polar surface area (TPSA) is 78.8 Å². The molecule has 16 heavy (non-hydrogen) atoms. The number of hydrogen-bond acceptors (Lipinski definition) is 4. The summed E-state index contributed by atoms with van der Waals surface area (Å²) in [5.74, 6) is -0.298. The first-order valence-corrected chi connectivity index (χ1v) is 5.11. The van der Waals surface area contributed by atoms with Crippen molar-refractivity contribution >= 4 is 19.2 Å². The number of carbonyl (C=O) groups excluding carboxylic acids is 1. The third-order valence-corrected chi connectivity index (χ3v) is 2.20. The van der Waals surface area contributed by atoms with Gasteiger partial charge in [0.1, 0.15) is 0 Å². The van der Waals surface area contributed by atoms with E-state index in [2.05, 4.69) is 16.9 Å². The number of aliphatic hydroxyl groups excluding tert-OH is 1. The van der Waals surface area contributed by atoms with Crippen LogP contribution in [0.2, 0.25) is 0 Å². The summed E-state index contributed by atoms with van der Waals surface area (Å²) in [6, 6.07) is -0.383. The van der Waals surface area contributed by atoms with Gasteiger partial charge in [0, 0.05) is 0 Å². The standard InChI is InChI=1S/C10H17BN2O3/c1-4-8(13-6-11-16)9(14)5-7(2)10(15)12-3/h6,8-9,14H,2,4-5H2,1,3H3,(H,12,15). The second kappa shape index (κ2) is 7.93. The summed E-state index contributed by atoms with van der Waals surface area (Å²) in [6.07, 6.45) is 1.05. The molecule has 0 saturated carbocycles. The molecule has 2 N–H and O–H groups in total. The summed E-state index contributed by atoms with van der Waals surface area (Å²) in [5.41, 5.74) is 0.301. The number of carbonyl (C=O) groups is 1. The van der Waals surface area contributed by atoms with Crippen LogP contribution in [-0.2, 0) is 9.50 Å². The molecule has 0 aromatic carbocycles. The van der Waals surface area contributed by atoms with Gasteiger partial charge in [-0.15, -0.1) is 0 Å². The van der Waals surface area contributed by atoms with Gasteiger partial charge in [0.15, 0.2) is 0 Å². The molecule has 0 heterocycles. The van der Waals surface area contributed by atoms with E-state index in [-0.39, 0.29) is 18.4 Å². The van der Waals surface area contributed by atoms with E-state index in [0.717, 1.165) is 6.11 Å². The van der Waals surface area contributed by atoms with Crippen molar-refractivity contribution in [2.24, 2.45) is 4.99 Å². The number of aliphatic hydroxyl groups is 1. The zero-order valence-corrected chi connectivity index (χ0v) is 9.64. The Hall–Kier alpha value is -1.30. The molecule has 0 spiro atoms. The Bertz CT molecular complexity index is 292. The van der Waals surface area contributed by atoms with E-state index in [9.17, 15) is 14.6 Å². The van der Waals surface area contributed by atoms with Gasteiger partial charge in [-0.3, -0.25) is 0 Å². The number of nitrogens with zero attached hydrogens (tertiary/aromatic N) is 1. The van der Waals surface area contributed by atoms with Gasteiger partial charge in [0.2, 0.25) is 0 Å². The molecule has 0 aliphatic rings. The number of amides is 1. The summed E-state index contributed by atoms with van der Waals surface area (Å²) in [4.78, 5) is 15.0. The van der Waals surface area contributed by atoms with E-state index in [4.69, 9.17) is 0 Å². The average molecular weight is 224 g/mol. The van der Waals surface area contributed by atoms with Crippen LogP contribution >= 0.6 is 0 Å². The SMILES string of the molecule is C=C(CC(O)C(CC)N=CB=O)C(=O)NC. The minimum atomic E-state index is -0.800. The Kier molecular flexibility index (Phi) is 7.29. The second-order valence-electron chi connectivity index (χ2n) is 3.36. The van der Waals surface area contributed by atoms with E-state index in [1.54, 1.807) is 0 Å². The quantitative estimate of drug-likeness (QED) is 0.360. The summed E-state index contributed by atoms with van der Waals surface area (Å²) in [6.45, 7) is 5.41. The van der Waals surface area contributed by atoms with Gasteiger partial charge < -0.3 is 0 Å². The van der Waals surface area contributed by atoms with E-state index < -0.39 is 6.10 Å². The van der Waals surface area contributed by atoms with Crippen molar-refractivity contribution in [3.05, 3.63) is 12.2 Å². The summed E-state index contributed by atoms with van der Waals surface area (Å²) in [5, 5.41) is 12.2. The molecule has 6 heteroatoms. The molecule has 0 radical (unpaired) electrons. The minimum absolute atomic E-state index is 0.147. The van der Waals surface area contributed by atoms with Gasteiger partial charge >= 0.3 is 95.2 Å². The molecule has 0 aromatic heterocycles. The van der Waals surface area contributed by atoms with E-state index in [1.807, 2.05) is 6.92 Å². The molecule has 0 rings (SSSR count). The molecular formula is C10H17BN2O3. The van der Waals surface area contributed by atoms with Gasteiger partial charge in [0.05, 0.1) is 0 Å². The van der Waals surface area contributed by atoms with Crippen LogP contribution in [0.25, 0.3) is 0 Å². The first-order valence-electron chi connectivity index (χ1n) is 5.11. The monoisotopic (exact) mass is 224 g/mol. The van der Waals surface area contributed by atoms with Gasteiger partial charge in [-0.05, 0) is 0 Å².